The molecule has 1 rings (SSSR count). The van der Waals surface area contributed by atoms with Crippen LogP contribution in [0.2, 0.25) is 0 Å². The highest BCUT2D eigenvalue weighted by molar-refractivity contribution is 5.80. The van der Waals surface area contributed by atoms with Crippen LogP contribution in [0, 0.1) is 0 Å². The van der Waals surface area contributed by atoms with Crippen molar-refractivity contribution >= 4 is 5.71 Å². The first-order valence-corrected chi connectivity index (χ1v) is 3.22. The van der Waals surface area contributed by atoms with Crippen LogP contribution in [0.15, 0.2) is 0 Å². The number of nitrogens with one attached hydrogen (secondary N) is 2. The van der Waals surface area contributed by atoms with E-state index in [1.54, 1.807) is 0 Å². The Morgan fingerprint density at radius 3 is 3.00 bits per heavy atom. The Hall–Kier alpha value is -0.370. The van der Waals surface area contributed by atoms with Crippen molar-refractivity contribution in [3.05, 3.63) is 0 Å². The van der Waals surface area contributed by atoms with E-state index < -0.39 is 0 Å². The molecule has 1 heterocycles. The Morgan fingerprint density at radius 2 is 2.62 bits per heavy atom. The SMILES string of the molecule is CCC1=[NH+]CCNC1. The van der Waals surface area contributed by atoms with Gasteiger partial charge in [0.25, 0.3) is 0 Å². The van der Waals surface area contributed by atoms with Crippen LogP contribution in [0.1, 0.15) is 13.3 Å². The molecule has 0 aliphatic carbocycles. The van der Waals surface area contributed by atoms with E-state index >= 15 is 0 Å². The minimum atomic E-state index is 1.07. The van der Waals surface area contributed by atoms with Gasteiger partial charge >= 0.3 is 0 Å². The van der Waals surface area contributed by atoms with Crippen LogP contribution >= 0.6 is 0 Å². The van der Waals surface area contributed by atoms with Gasteiger partial charge in [-0.2, -0.15) is 0 Å². The molecular formula is C6H13N2+. The van der Waals surface area contributed by atoms with Crippen molar-refractivity contribution in [2.45, 2.75) is 13.3 Å². The molecule has 2 nitrogen and oxygen atoms in total. The molecule has 0 bridgehead atoms. The van der Waals surface area contributed by atoms with Crippen LogP contribution in [-0.4, -0.2) is 25.3 Å². The lowest BCUT2D eigenvalue weighted by Gasteiger charge is -2.04. The summed E-state index contributed by atoms with van der Waals surface area (Å²) in [4.78, 5) is 3.32. The third-order valence-electron chi connectivity index (χ3n) is 1.44. The van der Waals surface area contributed by atoms with Gasteiger partial charge in [-0.1, -0.05) is 6.92 Å². The predicted octanol–water partition coefficient (Wildman–Crippen LogP) is -1.48. The second-order valence-corrected chi connectivity index (χ2v) is 2.06. The molecule has 0 amide bonds. The topological polar surface area (TPSA) is 26.0 Å². The maximum Gasteiger partial charge on any atom is 0.164 e. The maximum atomic E-state index is 3.32. The minimum absolute atomic E-state index is 1.07. The fourth-order valence-corrected chi connectivity index (χ4v) is 0.879. The molecule has 0 saturated heterocycles. The summed E-state index contributed by atoms with van der Waals surface area (Å²) in [6, 6.07) is 0. The van der Waals surface area contributed by atoms with E-state index in [4.69, 9.17) is 0 Å². The van der Waals surface area contributed by atoms with E-state index in [9.17, 15) is 0 Å². The molecule has 0 saturated carbocycles. The van der Waals surface area contributed by atoms with E-state index in [1.807, 2.05) is 0 Å². The summed E-state index contributed by atoms with van der Waals surface area (Å²) in [6.45, 7) is 5.46. The Balaban J connectivity index is 2.37. The first-order chi connectivity index (χ1) is 3.93. The van der Waals surface area contributed by atoms with Gasteiger partial charge in [0.05, 0.1) is 13.1 Å². The Kier molecular flexibility index (Phi) is 2.03. The van der Waals surface area contributed by atoms with Crippen molar-refractivity contribution < 1.29 is 4.99 Å². The van der Waals surface area contributed by atoms with Gasteiger partial charge in [-0.25, -0.2) is 4.99 Å². The monoisotopic (exact) mass is 113 g/mol. The molecule has 0 radical (unpaired) electrons. The number of rotatable bonds is 1. The normalized spacial score (nSPS) is 20.4. The van der Waals surface area contributed by atoms with Crippen LogP contribution in [0.3, 0.4) is 0 Å². The molecule has 0 spiro atoms. The average Bonchev–Trinajstić information content (AvgIpc) is 1.90. The summed E-state index contributed by atoms with van der Waals surface area (Å²) < 4.78 is 0. The smallest absolute Gasteiger partial charge is 0.164 e. The van der Waals surface area contributed by atoms with Crippen LogP contribution in [-0.2, 0) is 0 Å². The van der Waals surface area contributed by atoms with Crippen molar-refractivity contribution in [1.29, 1.82) is 0 Å². The predicted molar refractivity (Wildman–Crippen MR) is 34.0 cm³/mol. The highest BCUT2D eigenvalue weighted by atomic mass is 15.0. The average molecular weight is 113 g/mol. The van der Waals surface area contributed by atoms with Crippen LogP contribution in [0.25, 0.3) is 0 Å². The lowest BCUT2D eigenvalue weighted by molar-refractivity contribution is -0.461. The van der Waals surface area contributed by atoms with Gasteiger partial charge in [0.2, 0.25) is 0 Å². The molecule has 1 aliphatic rings. The molecule has 0 fully saturated rings. The van der Waals surface area contributed by atoms with E-state index in [2.05, 4.69) is 17.2 Å². The lowest BCUT2D eigenvalue weighted by Crippen LogP contribution is -2.79. The van der Waals surface area contributed by atoms with E-state index in [0.717, 1.165) is 26.1 Å². The first-order valence-electron chi connectivity index (χ1n) is 3.22. The quantitative estimate of drug-likeness (QED) is 0.426. The van der Waals surface area contributed by atoms with Gasteiger partial charge in [0.1, 0.15) is 0 Å². The summed E-state index contributed by atoms with van der Waals surface area (Å²) in [5.74, 6) is 0. The van der Waals surface area contributed by atoms with Crippen molar-refractivity contribution in [2.75, 3.05) is 19.6 Å². The molecule has 0 unspecified atom stereocenters. The van der Waals surface area contributed by atoms with Crippen molar-refractivity contribution in [3.8, 4) is 0 Å². The Morgan fingerprint density at radius 1 is 1.75 bits per heavy atom. The Labute approximate surface area is 50.0 Å². The molecule has 2 heteroatoms. The number of hydrogen-bond donors (Lipinski definition) is 2. The van der Waals surface area contributed by atoms with Crippen LogP contribution in [0.4, 0.5) is 0 Å². The molecule has 0 atom stereocenters. The Bertz CT molecular complexity index is 96.7. The zero-order chi connectivity index (χ0) is 5.82. The zero-order valence-electron chi connectivity index (χ0n) is 5.33. The van der Waals surface area contributed by atoms with Gasteiger partial charge in [-0.15, -0.1) is 0 Å². The summed E-state index contributed by atoms with van der Waals surface area (Å²) >= 11 is 0. The highest BCUT2D eigenvalue weighted by Crippen LogP contribution is 1.74. The van der Waals surface area contributed by atoms with Gasteiger partial charge in [-0.05, 0) is 0 Å². The summed E-state index contributed by atoms with van der Waals surface area (Å²) in [6.07, 6.45) is 1.16. The molecule has 1 aliphatic heterocycles. The van der Waals surface area contributed by atoms with Crippen molar-refractivity contribution in [2.24, 2.45) is 0 Å². The molecule has 0 aromatic rings. The minimum Gasteiger partial charge on any atom is -0.302 e. The third-order valence-corrected chi connectivity index (χ3v) is 1.44. The summed E-state index contributed by atoms with van der Waals surface area (Å²) in [5, 5.41) is 3.29. The van der Waals surface area contributed by atoms with Gasteiger partial charge in [-0.3, -0.25) is 0 Å². The van der Waals surface area contributed by atoms with Gasteiger partial charge < -0.3 is 5.32 Å². The first kappa shape index (κ1) is 5.76. The number of hydrogen-bond acceptors (Lipinski definition) is 1. The fourth-order valence-electron chi connectivity index (χ4n) is 0.879. The fraction of sp³-hybridized carbons (Fsp3) is 0.833. The highest BCUT2D eigenvalue weighted by Gasteiger charge is 2.05. The molecule has 0 aromatic carbocycles. The molecule has 8 heavy (non-hydrogen) atoms. The standard InChI is InChI=1S/C6H12N2/c1-2-6-5-7-3-4-8-6/h7H,2-5H2,1H3/p+1. The second kappa shape index (κ2) is 2.82. The van der Waals surface area contributed by atoms with E-state index in [0.29, 0.717) is 0 Å². The summed E-state index contributed by atoms with van der Waals surface area (Å²) in [5.41, 5.74) is 1.44. The van der Waals surface area contributed by atoms with Gasteiger partial charge in [0.15, 0.2) is 12.3 Å². The van der Waals surface area contributed by atoms with E-state index in [1.165, 1.54) is 5.71 Å². The largest absolute Gasteiger partial charge is 0.302 e. The van der Waals surface area contributed by atoms with E-state index in [-0.39, 0.29) is 0 Å². The third kappa shape index (κ3) is 1.30. The molecule has 0 aromatic heterocycles. The van der Waals surface area contributed by atoms with Crippen molar-refractivity contribution in [3.63, 3.8) is 0 Å². The molecular weight excluding hydrogens is 100 g/mol. The maximum absolute atomic E-state index is 3.32. The molecule has 2 N–H and O–H groups in total. The van der Waals surface area contributed by atoms with Crippen LogP contribution < -0.4 is 10.3 Å². The van der Waals surface area contributed by atoms with Crippen molar-refractivity contribution in [1.82, 2.24) is 5.32 Å². The second-order valence-electron chi connectivity index (χ2n) is 2.06. The van der Waals surface area contributed by atoms with Gasteiger partial charge in [0, 0.05) is 6.42 Å². The summed E-state index contributed by atoms with van der Waals surface area (Å²) in [7, 11) is 0. The zero-order valence-corrected chi connectivity index (χ0v) is 5.33. The lowest BCUT2D eigenvalue weighted by atomic mass is 10.2. The molecule has 46 valence electrons. The van der Waals surface area contributed by atoms with Crippen LogP contribution in [0.5, 0.6) is 0 Å².